The average Bonchev–Trinajstić information content (AvgIpc) is 3.35. The number of aromatic nitrogens is 2. The molecule has 0 spiro atoms. The first-order chi connectivity index (χ1) is 18.8. The van der Waals surface area contributed by atoms with Crippen LogP contribution in [0.15, 0.2) is 64.3 Å². The lowest BCUT2D eigenvalue weighted by molar-refractivity contribution is -0.0582. The van der Waals surface area contributed by atoms with Gasteiger partial charge in [0.15, 0.2) is 0 Å². The largest absolute Gasteiger partial charge is 0.497 e. The molecule has 0 aliphatic carbocycles. The van der Waals surface area contributed by atoms with Gasteiger partial charge in [0.25, 0.3) is 5.56 Å². The Kier molecular flexibility index (Phi) is 8.48. The molecule has 1 aliphatic rings. The molecule has 1 aliphatic heterocycles. The van der Waals surface area contributed by atoms with Crippen molar-refractivity contribution in [2.24, 2.45) is 0 Å². The molecular weight excluding hydrogens is 508 g/mol. The van der Waals surface area contributed by atoms with Gasteiger partial charge in [-0.3, -0.25) is 14.3 Å². The number of hydrogen-bond donors (Lipinski definition) is 1. The van der Waals surface area contributed by atoms with Crippen molar-refractivity contribution in [3.8, 4) is 23.3 Å². The Labute approximate surface area is 223 Å². The van der Waals surface area contributed by atoms with Crippen LogP contribution in [0.5, 0.6) is 11.5 Å². The predicted molar refractivity (Wildman–Crippen MR) is 138 cm³/mol. The summed E-state index contributed by atoms with van der Waals surface area (Å²) in [5.41, 5.74) is -0.715. The van der Waals surface area contributed by atoms with E-state index in [0.717, 1.165) is 0 Å². The molecule has 0 radical (unpaired) electrons. The van der Waals surface area contributed by atoms with Crippen LogP contribution < -0.4 is 20.7 Å². The number of hydrogen-bond acceptors (Lipinski definition) is 9. The Hall–Kier alpha value is -4.82. The number of rotatable bonds is 8. The highest BCUT2D eigenvalue weighted by atomic mass is 16.6. The molecule has 3 atom stereocenters. The molecule has 11 nitrogen and oxygen atoms in total. The van der Waals surface area contributed by atoms with Crippen molar-refractivity contribution in [2.45, 2.75) is 31.8 Å². The zero-order valence-electron chi connectivity index (χ0n) is 21.5. The Balaban J connectivity index is 1.55. The van der Waals surface area contributed by atoms with E-state index >= 15 is 0 Å². The van der Waals surface area contributed by atoms with Gasteiger partial charge in [0.05, 0.1) is 25.3 Å². The summed E-state index contributed by atoms with van der Waals surface area (Å²) >= 11 is 0. The number of carbonyl (C=O) groups excluding carboxylic acids is 2. The molecule has 1 N–H and O–H groups in total. The van der Waals surface area contributed by atoms with E-state index in [1.54, 1.807) is 55.5 Å². The summed E-state index contributed by atoms with van der Waals surface area (Å²) in [7, 11) is 3.03. The van der Waals surface area contributed by atoms with Crippen molar-refractivity contribution in [3.05, 3.63) is 92.3 Å². The minimum Gasteiger partial charge on any atom is -0.497 e. The molecule has 0 amide bonds. The Morgan fingerprint density at radius 1 is 0.974 bits per heavy atom. The third kappa shape index (κ3) is 6.37. The summed E-state index contributed by atoms with van der Waals surface area (Å²) < 4.78 is 28.6. The number of benzene rings is 2. The number of methoxy groups -OCH3 is 2. The van der Waals surface area contributed by atoms with Crippen LogP contribution in [-0.4, -0.2) is 54.5 Å². The van der Waals surface area contributed by atoms with Gasteiger partial charge < -0.3 is 23.7 Å². The number of aromatic amines is 1. The lowest BCUT2D eigenvalue weighted by Crippen LogP contribution is -2.34. The minimum absolute atomic E-state index is 0.0532. The van der Waals surface area contributed by atoms with Gasteiger partial charge in [-0.05, 0) is 55.5 Å². The molecular formula is C28H26N2O9. The molecule has 1 fully saturated rings. The fourth-order valence-corrected chi connectivity index (χ4v) is 3.97. The van der Waals surface area contributed by atoms with Gasteiger partial charge >= 0.3 is 17.6 Å². The lowest BCUT2D eigenvalue weighted by Gasteiger charge is -2.19. The van der Waals surface area contributed by atoms with Crippen LogP contribution >= 0.6 is 0 Å². The quantitative estimate of drug-likeness (QED) is 0.341. The molecule has 11 heteroatoms. The van der Waals surface area contributed by atoms with Gasteiger partial charge in [0.1, 0.15) is 42.1 Å². The lowest BCUT2D eigenvalue weighted by atomic mass is 10.1. The van der Waals surface area contributed by atoms with Crippen LogP contribution in [0, 0.1) is 11.8 Å². The maximum Gasteiger partial charge on any atom is 0.338 e. The zero-order valence-corrected chi connectivity index (χ0v) is 21.5. The van der Waals surface area contributed by atoms with E-state index in [-0.39, 0.29) is 29.7 Å². The molecule has 2 aromatic carbocycles. The normalized spacial score (nSPS) is 18.0. The SMILES string of the molecule is CC#Cc1cn([C@H]2C[C@H](OC(=O)c3ccc(OC)cc3)[C@@H](COC(=O)c3ccc(OC)cc3)O2)c(=O)[nH]c1=O. The highest BCUT2D eigenvalue weighted by Crippen LogP contribution is 2.31. The van der Waals surface area contributed by atoms with E-state index in [4.69, 9.17) is 23.7 Å². The summed E-state index contributed by atoms with van der Waals surface area (Å²) in [5.74, 6) is 5.15. The molecule has 4 rings (SSSR count). The van der Waals surface area contributed by atoms with E-state index in [1.807, 2.05) is 0 Å². The van der Waals surface area contributed by atoms with Crippen molar-refractivity contribution in [2.75, 3.05) is 20.8 Å². The average molecular weight is 535 g/mol. The second kappa shape index (κ2) is 12.1. The molecule has 202 valence electrons. The highest BCUT2D eigenvalue weighted by Gasteiger charge is 2.40. The van der Waals surface area contributed by atoms with E-state index in [9.17, 15) is 19.2 Å². The minimum atomic E-state index is -0.926. The smallest absolute Gasteiger partial charge is 0.338 e. The standard InChI is InChI=1S/C28H26N2O9/c1-4-5-19-15-30(28(34)29-25(19)31)24-14-22(39-27(33)18-8-12-21(36-3)13-9-18)23(38-24)16-37-26(32)17-6-10-20(35-2)11-7-17/h6-13,15,22-24H,14,16H2,1-3H3,(H,29,31,34)/t22-,23+,24+/m0/s1. The Morgan fingerprint density at radius 2 is 1.56 bits per heavy atom. The topological polar surface area (TPSA) is 135 Å². The number of nitrogens with zero attached hydrogens (tertiary/aromatic N) is 1. The van der Waals surface area contributed by atoms with E-state index in [0.29, 0.717) is 11.5 Å². The van der Waals surface area contributed by atoms with Crippen LogP contribution in [-0.2, 0) is 14.2 Å². The molecule has 3 aromatic rings. The van der Waals surface area contributed by atoms with Crippen molar-refractivity contribution in [1.29, 1.82) is 0 Å². The molecule has 0 unspecified atom stereocenters. The third-order valence-electron chi connectivity index (χ3n) is 6.01. The molecule has 0 saturated carbocycles. The van der Waals surface area contributed by atoms with Crippen molar-refractivity contribution in [1.82, 2.24) is 9.55 Å². The first-order valence-electron chi connectivity index (χ1n) is 11.9. The number of nitrogens with one attached hydrogen (secondary N) is 1. The van der Waals surface area contributed by atoms with Crippen LogP contribution in [0.3, 0.4) is 0 Å². The maximum atomic E-state index is 12.9. The fraction of sp³-hybridized carbons (Fsp3) is 0.286. The van der Waals surface area contributed by atoms with Crippen molar-refractivity contribution >= 4 is 11.9 Å². The first-order valence-corrected chi connectivity index (χ1v) is 11.9. The third-order valence-corrected chi connectivity index (χ3v) is 6.01. The maximum absolute atomic E-state index is 12.9. The predicted octanol–water partition coefficient (Wildman–Crippen LogP) is 2.30. The molecule has 0 bridgehead atoms. The number of carbonyl (C=O) groups is 2. The summed E-state index contributed by atoms with van der Waals surface area (Å²) in [6.07, 6.45) is -1.37. The summed E-state index contributed by atoms with van der Waals surface area (Å²) in [5, 5.41) is 0. The first kappa shape index (κ1) is 27.2. The fourth-order valence-electron chi connectivity index (χ4n) is 3.97. The number of H-pyrrole nitrogens is 1. The monoisotopic (exact) mass is 534 g/mol. The molecule has 1 saturated heterocycles. The molecule has 1 aromatic heterocycles. The van der Waals surface area contributed by atoms with Crippen LogP contribution in [0.25, 0.3) is 0 Å². The summed E-state index contributed by atoms with van der Waals surface area (Å²) in [4.78, 5) is 52.4. The molecule has 2 heterocycles. The second-order valence-corrected chi connectivity index (χ2v) is 8.45. The molecule has 39 heavy (non-hydrogen) atoms. The van der Waals surface area contributed by atoms with Gasteiger partial charge in [0, 0.05) is 12.6 Å². The zero-order chi connectivity index (χ0) is 27.9. The van der Waals surface area contributed by atoms with Gasteiger partial charge in [-0.1, -0.05) is 5.92 Å². The van der Waals surface area contributed by atoms with Gasteiger partial charge in [-0.15, -0.1) is 5.92 Å². The Morgan fingerprint density at radius 3 is 2.13 bits per heavy atom. The second-order valence-electron chi connectivity index (χ2n) is 8.45. The van der Waals surface area contributed by atoms with Crippen LogP contribution in [0.1, 0.15) is 45.9 Å². The van der Waals surface area contributed by atoms with E-state index in [2.05, 4.69) is 16.8 Å². The van der Waals surface area contributed by atoms with Crippen molar-refractivity contribution < 1.29 is 33.3 Å². The Bertz CT molecular complexity index is 1510. The number of ether oxygens (including phenoxy) is 5. The van der Waals surface area contributed by atoms with Gasteiger partial charge in [0.2, 0.25) is 0 Å². The summed E-state index contributed by atoms with van der Waals surface area (Å²) in [6.45, 7) is 1.30. The van der Waals surface area contributed by atoms with Gasteiger partial charge in [-0.25, -0.2) is 14.4 Å². The van der Waals surface area contributed by atoms with Gasteiger partial charge in [-0.2, -0.15) is 0 Å². The van der Waals surface area contributed by atoms with E-state index < -0.39 is 41.6 Å². The summed E-state index contributed by atoms with van der Waals surface area (Å²) in [6, 6.07) is 12.7. The van der Waals surface area contributed by atoms with Crippen molar-refractivity contribution in [3.63, 3.8) is 0 Å². The van der Waals surface area contributed by atoms with E-state index in [1.165, 1.54) is 25.0 Å². The highest BCUT2D eigenvalue weighted by molar-refractivity contribution is 5.90. The van der Waals surface area contributed by atoms with Crippen LogP contribution in [0.4, 0.5) is 0 Å². The number of esters is 2. The van der Waals surface area contributed by atoms with Crippen LogP contribution in [0.2, 0.25) is 0 Å².